The molecule has 0 radical (unpaired) electrons. The highest BCUT2D eigenvalue weighted by atomic mass is 16.4. The van der Waals surface area contributed by atoms with Crippen LogP contribution < -0.4 is 11.2 Å². The summed E-state index contributed by atoms with van der Waals surface area (Å²) in [6.07, 6.45) is 4.52. The molecule has 3 aliphatic rings. The standard InChI is InChI=1S/C24H24N2O3/c27-23-6-2-5-21-19-7-15(12-26(21)23)11-25(14-19)13-18-10-24(28)29-22-9-17-4-1-3-16(17)8-20(18)22/h2,5-6,8-10,15,19H,1,3-4,7,11-14H2/t15-,19-/m1/s1. The summed E-state index contributed by atoms with van der Waals surface area (Å²) in [4.78, 5) is 26.9. The Morgan fingerprint density at radius 2 is 1.86 bits per heavy atom. The van der Waals surface area contributed by atoms with Gasteiger partial charge in [0.1, 0.15) is 5.58 Å². The van der Waals surface area contributed by atoms with Crippen molar-refractivity contribution in [2.24, 2.45) is 5.92 Å². The Morgan fingerprint density at radius 1 is 1.00 bits per heavy atom. The van der Waals surface area contributed by atoms with Crippen molar-refractivity contribution in [1.29, 1.82) is 0 Å². The molecule has 6 rings (SSSR count). The lowest BCUT2D eigenvalue weighted by Crippen LogP contribution is -2.46. The van der Waals surface area contributed by atoms with Crippen molar-refractivity contribution in [3.8, 4) is 0 Å². The molecule has 2 atom stereocenters. The van der Waals surface area contributed by atoms with Gasteiger partial charge in [-0.1, -0.05) is 6.07 Å². The summed E-state index contributed by atoms with van der Waals surface area (Å²) in [5.41, 5.74) is 5.53. The second-order valence-corrected chi connectivity index (χ2v) is 8.95. The molecule has 2 aromatic heterocycles. The molecular formula is C24H24N2O3. The first-order valence-electron chi connectivity index (χ1n) is 10.6. The van der Waals surface area contributed by atoms with Crippen LogP contribution in [0.5, 0.6) is 0 Å². The summed E-state index contributed by atoms with van der Waals surface area (Å²) < 4.78 is 7.50. The highest BCUT2D eigenvalue weighted by Crippen LogP contribution is 2.36. The molecule has 0 amide bonds. The van der Waals surface area contributed by atoms with E-state index >= 15 is 0 Å². The van der Waals surface area contributed by atoms with Crippen molar-refractivity contribution in [3.63, 3.8) is 0 Å². The van der Waals surface area contributed by atoms with E-state index in [1.807, 2.05) is 10.6 Å². The van der Waals surface area contributed by atoms with Crippen LogP contribution in [-0.2, 0) is 25.9 Å². The number of aromatic nitrogens is 1. The fourth-order valence-electron chi connectivity index (χ4n) is 5.79. The maximum atomic E-state index is 12.2. The number of rotatable bonds is 2. The molecule has 1 fully saturated rings. The molecule has 5 nitrogen and oxygen atoms in total. The summed E-state index contributed by atoms with van der Waals surface area (Å²) >= 11 is 0. The molecular weight excluding hydrogens is 364 g/mol. The molecule has 0 N–H and O–H groups in total. The van der Waals surface area contributed by atoms with E-state index in [1.165, 1.54) is 17.5 Å². The average molecular weight is 388 g/mol. The van der Waals surface area contributed by atoms with Gasteiger partial charge < -0.3 is 8.98 Å². The highest BCUT2D eigenvalue weighted by Gasteiger charge is 2.34. The molecule has 2 bridgehead atoms. The highest BCUT2D eigenvalue weighted by molar-refractivity contribution is 5.82. The number of nitrogens with zero attached hydrogens (tertiary/aromatic N) is 2. The molecule has 0 saturated carbocycles. The molecule has 0 unspecified atom stereocenters. The van der Waals surface area contributed by atoms with Crippen molar-refractivity contribution >= 4 is 11.0 Å². The SMILES string of the molecule is O=c1cc(CN2C[C@H]3C[C@H](C2)c2cccc(=O)n2C3)c2cc3c(cc2o1)CCC3. The van der Waals surface area contributed by atoms with Gasteiger partial charge in [0.25, 0.3) is 5.56 Å². The molecule has 29 heavy (non-hydrogen) atoms. The van der Waals surface area contributed by atoms with E-state index in [-0.39, 0.29) is 11.2 Å². The number of pyridine rings is 1. The Morgan fingerprint density at radius 3 is 2.76 bits per heavy atom. The number of benzene rings is 1. The first kappa shape index (κ1) is 17.2. The first-order valence-corrected chi connectivity index (χ1v) is 10.6. The lowest BCUT2D eigenvalue weighted by molar-refractivity contribution is 0.114. The van der Waals surface area contributed by atoms with E-state index in [9.17, 15) is 9.59 Å². The molecule has 1 aromatic carbocycles. The molecule has 0 spiro atoms. The third kappa shape index (κ3) is 2.87. The van der Waals surface area contributed by atoms with Crippen molar-refractivity contribution < 1.29 is 4.42 Å². The monoisotopic (exact) mass is 388 g/mol. The molecule has 1 saturated heterocycles. The van der Waals surface area contributed by atoms with E-state index in [0.717, 1.165) is 67.7 Å². The fourth-order valence-corrected chi connectivity index (χ4v) is 5.79. The second-order valence-electron chi connectivity index (χ2n) is 8.95. The minimum absolute atomic E-state index is 0.117. The molecule has 148 valence electrons. The maximum Gasteiger partial charge on any atom is 0.336 e. The number of hydrogen-bond donors (Lipinski definition) is 0. The first-order chi connectivity index (χ1) is 14.1. The Labute approximate surface area is 168 Å². The lowest BCUT2D eigenvalue weighted by Gasteiger charge is -2.42. The van der Waals surface area contributed by atoms with Gasteiger partial charge in [-0.05, 0) is 66.5 Å². The van der Waals surface area contributed by atoms with Crippen LogP contribution >= 0.6 is 0 Å². The largest absolute Gasteiger partial charge is 0.423 e. The minimum Gasteiger partial charge on any atom is -0.423 e. The van der Waals surface area contributed by atoms with Gasteiger partial charge >= 0.3 is 5.63 Å². The normalized spacial score (nSPS) is 23.2. The quantitative estimate of drug-likeness (QED) is 0.633. The van der Waals surface area contributed by atoms with E-state index in [2.05, 4.69) is 23.1 Å². The Balaban J connectivity index is 1.35. The molecule has 2 aliphatic heterocycles. The zero-order valence-corrected chi connectivity index (χ0v) is 16.4. The molecule has 5 heteroatoms. The van der Waals surface area contributed by atoms with Gasteiger partial charge in [-0.2, -0.15) is 0 Å². The Bertz CT molecular complexity index is 1240. The van der Waals surface area contributed by atoms with Crippen LogP contribution in [0.4, 0.5) is 0 Å². The number of hydrogen-bond acceptors (Lipinski definition) is 4. The van der Waals surface area contributed by atoms with Gasteiger partial charge in [0, 0.05) is 55.3 Å². The molecule has 3 aromatic rings. The van der Waals surface area contributed by atoms with Crippen molar-refractivity contribution in [3.05, 3.63) is 79.6 Å². The molecule has 4 heterocycles. The summed E-state index contributed by atoms with van der Waals surface area (Å²) in [6.45, 7) is 3.44. The smallest absolute Gasteiger partial charge is 0.336 e. The average Bonchev–Trinajstić information content (AvgIpc) is 3.15. The molecule has 1 aliphatic carbocycles. The maximum absolute atomic E-state index is 12.2. The van der Waals surface area contributed by atoms with E-state index < -0.39 is 0 Å². The topological polar surface area (TPSA) is 55.5 Å². The van der Waals surface area contributed by atoms with Gasteiger partial charge in [-0.25, -0.2) is 4.79 Å². The number of fused-ring (bicyclic) bond motifs is 6. The number of piperidine rings is 1. The Hall–Kier alpha value is -2.66. The zero-order valence-electron chi connectivity index (χ0n) is 16.4. The van der Waals surface area contributed by atoms with Crippen LogP contribution in [-0.4, -0.2) is 22.6 Å². The van der Waals surface area contributed by atoms with Gasteiger partial charge in [0.2, 0.25) is 0 Å². The van der Waals surface area contributed by atoms with E-state index in [4.69, 9.17) is 4.42 Å². The minimum atomic E-state index is -0.264. The van der Waals surface area contributed by atoms with Crippen LogP contribution in [0, 0.1) is 5.92 Å². The third-order valence-corrected chi connectivity index (χ3v) is 6.99. The predicted octanol–water partition coefficient (Wildman–Crippen LogP) is 3.06. The van der Waals surface area contributed by atoms with Crippen LogP contribution in [0.3, 0.4) is 0 Å². The van der Waals surface area contributed by atoms with Crippen molar-refractivity contribution in [2.45, 2.75) is 44.7 Å². The summed E-state index contributed by atoms with van der Waals surface area (Å²) in [5.74, 6) is 0.865. The van der Waals surface area contributed by atoms with Crippen molar-refractivity contribution in [2.75, 3.05) is 13.1 Å². The van der Waals surface area contributed by atoms with Gasteiger partial charge in [0.05, 0.1) is 0 Å². The van der Waals surface area contributed by atoms with Crippen LogP contribution in [0.1, 0.15) is 41.1 Å². The Kier molecular flexibility index (Phi) is 3.81. The predicted molar refractivity (Wildman–Crippen MR) is 111 cm³/mol. The third-order valence-electron chi connectivity index (χ3n) is 6.99. The zero-order chi connectivity index (χ0) is 19.5. The van der Waals surface area contributed by atoms with Gasteiger partial charge in [0.15, 0.2) is 0 Å². The summed E-state index contributed by atoms with van der Waals surface area (Å²) in [6, 6.07) is 11.6. The van der Waals surface area contributed by atoms with Gasteiger partial charge in [-0.15, -0.1) is 0 Å². The van der Waals surface area contributed by atoms with E-state index in [1.54, 1.807) is 12.1 Å². The van der Waals surface area contributed by atoms with E-state index in [0.29, 0.717) is 11.8 Å². The number of likely N-dealkylation sites (tertiary alicyclic amines) is 1. The van der Waals surface area contributed by atoms with Crippen LogP contribution in [0.15, 0.2) is 50.4 Å². The summed E-state index contributed by atoms with van der Waals surface area (Å²) in [5, 5.41) is 1.08. The number of aryl methyl sites for hydroxylation is 2. The fraction of sp³-hybridized carbons (Fsp3) is 0.417. The van der Waals surface area contributed by atoms with Crippen LogP contribution in [0.2, 0.25) is 0 Å². The second kappa shape index (κ2) is 6.42. The summed E-state index contributed by atoms with van der Waals surface area (Å²) in [7, 11) is 0. The van der Waals surface area contributed by atoms with Crippen molar-refractivity contribution in [1.82, 2.24) is 9.47 Å². The lowest BCUT2D eigenvalue weighted by atomic mass is 9.83. The van der Waals surface area contributed by atoms with Crippen LogP contribution in [0.25, 0.3) is 11.0 Å². The van der Waals surface area contributed by atoms with Gasteiger partial charge in [-0.3, -0.25) is 9.69 Å².